The number of carbonyl (C=O) groups excluding carboxylic acids is 7. The zero-order valence-electron chi connectivity index (χ0n) is 41.9. The van der Waals surface area contributed by atoms with Gasteiger partial charge < -0.3 is 56.5 Å². The summed E-state index contributed by atoms with van der Waals surface area (Å²) in [6, 6.07) is 6.90. The Morgan fingerprint density at radius 3 is 1.49 bits per heavy atom. The number of amides is 7. The molecule has 71 heavy (non-hydrogen) atoms. The molecular formula is C53H75N9O9. The molecule has 4 aliphatic heterocycles. The molecule has 2 aromatic rings. The summed E-state index contributed by atoms with van der Waals surface area (Å²) in [5.41, 5.74) is 4.85. The first-order chi connectivity index (χ1) is 34.4. The molecule has 4 fully saturated rings. The summed E-state index contributed by atoms with van der Waals surface area (Å²) in [7, 11) is 3.40. The molecule has 0 bridgehead atoms. The highest BCUT2D eigenvalue weighted by Crippen LogP contribution is 2.37. The first-order valence-electron chi connectivity index (χ1n) is 26.3. The second kappa shape index (κ2) is 23.9. The summed E-state index contributed by atoms with van der Waals surface area (Å²) < 4.78 is 11.1. The van der Waals surface area contributed by atoms with E-state index in [9.17, 15) is 33.6 Å². The van der Waals surface area contributed by atoms with Gasteiger partial charge in [-0.25, -0.2) is 0 Å². The van der Waals surface area contributed by atoms with Gasteiger partial charge in [0.15, 0.2) is 0 Å². The van der Waals surface area contributed by atoms with Gasteiger partial charge in [-0.2, -0.15) is 0 Å². The number of likely N-dealkylation sites (tertiary alicyclic amines) is 2. The first kappa shape index (κ1) is 51.9. The van der Waals surface area contributed by atoms with Crippen LogP contribution in [0.3, 0.4) is 0 Å². The molecule has 18 nitrogen and oxygen atoms in total. The number of likely N-dealkylation sites (N-methyl/N-ethyl adjacent to an activating group) is 2. The summed E-state index contributed by atoms with van der Waals surface area (Å²) in [5, 5.41) is 21.7. The lowest BCUT2D eigenvalue weighted by molar-refractivity contribution is -0.144. The van der Waals surface area contributed by atoms with Crippen molar-refractivity contribution in [3.8, 4) is 0 Å². The predicted molar refractivity (Wildman–Crippen MR) is 266 cm³/mol. The SMILES string of the molecule is CN[C@@H](C)C(=O)N[C@H](C(=O)N1CCC[C@H]1C(=O)N[C@@H]1CCCc2c(NC(=O)c3cccc4c3CCC[C@H]4NC(=O)[C@@H]3CCCN3C(=O)[C@@H](NC(=O)[C@H](C)NC)C3CCOCC3)cccc21)C1CCOCC1. The molecule has 7 N–H and O–H groups in total. The van der Waals surface area contributed by atoms with Gasteiger partial charge in [-0.3, -0.25) is 33.6 Å². The molecule has 2 aromatic carbocycles. The van der Waals surface area contributed by atoms with Crippen molar-refractivity contribution in [3.63, 3.8) is 0 Å². The minimum Gasteiger partial charge on any atom is -0.381 e. The predicted octanol–water partition coefficient (Wildman–Crippen LogP) is 2.95. The third-order valence-corrected chi connectivity index (χ3v) is 16.1. The third kappa shape index (κ3) is 11.8. The summed E-state index contributed by atoms with van der Waals surface area (Å²) in [6.07, 6.45) is 9.24. The highest BCUT2D eigenvalue weighted by Gasteiger charge is 2.44. The molecule has 0 saturated carbocycles. The second-order valence-corrected chi connectivity index (χ2v) is 20.4. The third-order valence-electron chi connectivity index (χ3n) is 16.1. The molecule has 2 aliphatic carbocycles. The standard InChI is InChI=1S/C53H75N9O9/c1-31(54-3)47(63)59-45(33-21-27-70-28-22-33)52(68)61-25-9-19-43(61)50(66)57-40-16-6-11-35-36(40)12-5-15-39(35)49(65)56-41-17-7-14-38-37(41)13-8-18-42(38)58-51(67)44-20-10-26-62(44)53(69)46(34-23-29-71-30-24-34)60-48(64)32(2)55-4/h5,7,12,14-15,17,31-34,40,42-46,54-55H,6,8-11,13,16,18-30H2,1-4H3,(H,56,65)(H,57,66)(H,58,67)(H,59,63)(H,60,64)/t31-,32-,40+,42+,43-,44-,45-,46-/m0/s1. The first-order valence-corrected chi connectivity index (χ1v) is 26.3. The van der Waals surface area contributed by atoms with E-state index in [0.29, 0.717) is 128 Å². The smallest absolute Gasteiger partial charge is 0.255 e. The van der Waals surface area contributed by atoms with E-state index in [-0.39, 0.29) is 65.3 Å². The van der Waals surface area contributed by atoms with Crippen LogP contribution >= 0.6 is 0 Å². The zero-order valence-corrected chi connectivity index (χ0v) is 41.9. The van der Waals surface area contributed by atoms with Crippen molar-refractivity contribution in [2.75, 3.05) is 58.9 Å². The van der Waals surface area contributed by atoms with Gasteiger partial charge >= 0.3 is 0 Å². The maximum atomic E-state index is 14.4. The van der Waals surface area contributed by atoms with Crippen molar-refractivity contribution in [2.45, 2.75) is 152 Å². The number of benzene rings is 2. The molecule has 0 aromatic heterocycles. The Kier molecular flexibility index (Phi) is 17.4. The van der Waals surface area contributed by atoms with Gasteiger partial charge in [-0.1, -0.05) is 24.3 Å². The number of nitrogens with zero attached hydrogens (tertiary/aromatic N) is 2. The maximum Gasteiger partial charge on any atom is 0.255 e. The van der Waals surface area contributed by atoms with Gasteiger partial charge in [0.2, 0.25) is 35.4 Å². The summed E-state index contributed by atoms with van der Waals surface area (Å²) in [6.45, 7) is 6.39. The van der Waals surface area contributed by atoms with E-state index in [2.05, 4.69) is 37.2 Å². The van der Waals surface area contributed by atoms with E-state index in [1.165, 1.54) is 0 Å². The number of fused-ring (bicyclic) bond motifs is 2. The Morgan fingerprint density at radius 2 is 1.01 bits per heavy atom. The molecule has 8 atom stereocenters. The Labute approximate surface area is 417 Å². The number of rotatable bonds is 16. The Balaban J connectivity index is 0.930. The van der Waals surface area contributed by atoms with Gasteiger partial charge in [0.25, 0.3) is 5.91 Å². The normalized spacial score (nSPS) is 24.3. The van der Waals surface area contributed by atoms with Crippen LogP contribution < -0.4 is 37.2 Å². The van der Waals surface area contributed by atoms with Crippen molar-refractivity contribution >= 4 is 47.0 Å². The van der Waals surface area contributed by atoms with Gasteiger partial charge in [-0.05, 0) is 164 Å². The molecule has 7 amide bonds. The highest BCUT2D eigenvalue weighted by molar-refractivity contribution is 6.06. The summed E-state index contributed by atoms with van der Waals surface area (Å²) in [5.74, 6) is -1.93. The quantitative estimate of drug-likeness (QED) is 0.129. The zero-order chi connectivity index (χ0) is 50.2. The van der Waals surface area contributed by atoms with E-state index in [1.54, 1.807) is 37.7 Å². The fraction of sp³-hybridized carbons (Fsp3) is 0.642. The van der Waals surface area contributed by atoms with Crippen LogP contribution in [0.1, 0.15) is 136 Å². The van der Waals surface area contributed by atoms with Crippen LogP contribution in [0.15, 0.2) is 36.4 Å². The largest absolute Gasteiger partial charge is 0.381 e. The van der Waals surface area contributed by atoms with Gasteiger partial charge in [0.05, 0.1) is 24.2 Å². The van der Waals surface area contributed by atoms with E-state index in [4.69, 9.17) is 9.47 Å². The number of hydrogen-bond acceptors (Lipinski definition) is 11. The van der Waals surface area contributed by atoms with Gasteiger partial charge in [0, 0.05) is 50.8 Å². The summed E-state index contributed by atoms with van der Waals surface area (Å²) in [4.78, 5) is 101. The lowest BCUT2D eigenvalue weighted by Crippen LogP contribution is -2.58. The van der Waals surface area contributed by atoms with Gasteiger partial charge in [-0.15, -0.1) is 0 Å². The molecular weight excluding hydrogens is 907 g/mol. The lowest BCUT2D eigenvalue weighted by Gasteiger charge is -2.36. The van der Waals surface area contributed by atoms with E-state index in [0.717, 1.165) is 35.1 Å². The molecule has 18 heteroatoms. The lowest BCUT2D eigenvalue weighted by atomic mass is 9.84. The molecule has 386 valence electrons. The molecule has 8 rings (SSSR count). The Morgan fingerprint density at radius 1 is 0.563 bits per heavy atom. The van der Waals surface area contributed by atoms with E-state index in [1.807, 2.05) is 36.4 Å². The van der Waals surface area contributed by atoms with Gasteiger partial charge in [0.1, 0.15) is 24.2 Å². The van der Waals surface area contributed by atoms with Crippen LogP contribution in [0.5, 0.6) is 0 Å². The van der Waals surface area contributed by atoms with E-state index >= 15 is 0 Å². The maximum absolute atomic E-state index is 14.4. The van der Waals surface area contributed by atoms with Crippen molar-refractivity contribution in [1.82, 2.24) is 41.7 Å². The molecule has 0 radical (unpaired) electrons. The number of hydrogen-bond donors (Lipinski definition) is 7. The topological polar surface area (TPSA) is 229 Å². The second-order valence-electron chi connectivity index (χ2n) is 20.4. The van der Waals surface area contributed by atoms with Crippen LogP contribution in [-0.2, 0) is 51.1 Å². The molecule has 4 heterocycles. The number of anilines is 1. The van der Waals surface area contributed by atoms with Crippen LogP contribution in [0, 0.1) is 11.8 Å². The van der Waals surface area contributed by atoms with Crippen LogP contribution in [0.2, 0.25) is 0 Å². The molecule has 6 aliphatic rings. The van der Waals surface area contributed by atoms with Crippen LogP contribution in [0.25, 0.3) is 0 Å². The Bertz CT molecular complexity index is 2280. The molecule has 0 unspecified atom stereocenters. The minimum absolute atomic E-state index is 0.0978. The minimum atomic E-state index is -0.761. The number of carbonyl (C=O) groups is 7. The summed E-state index contributed by atoms with van der Waals surface area (Å²) >= 11 is 0. The number of ether oxygens (including phenoxy) is 2. The van der Waals surface area contributed by atoms with Crippen LogP contribution in [0.4, 0.5) is 5.69 Å². The monoisotopic (exact) mass is 982 g/mol. The highest BCUT2D eigenvalue weighted by atomic mass is 16.5. The fourth-order valence-corrected chi connectivity index (χ4v) is 11.7. The van der Waals surface area contributed by atoms with Crippen molar-refractivity contribution < 1.29 is 43.0 Å². The molecule has 4 saturated heterocycles. The van der Waals surface area contributed by atoms with Crippen LogP contribution in [-0.4, -0.2) is 141 Å². The van der Waals surface area contributed by atoms with Crippen molar-refractivity contribution in [3.05, 3.63) is 64.2 Å². The fourth-order valence-electron chi connectivity index (χ4n) is 11.7. The number of nitrogens with one attached hydrogen (secondary N) is 7. The molecule has 0 spiro atoms. The Hall–Kier alpha value is -5.43. The van der Waals surface area contributed by atoms with Crippen molar-refractivity contribution in [2.24, 2.45) is 11.8 Å². The van der Waals surface area contributed by atoms with Crippen molar-refractivity contribution in [1.29, 1.82) is 0 Å². The average Bonchev–Trinajstić information content (AvgIpc) is 4.11. The average molecular weight is 982 g/mol. The van der Waals surface area contributed by atoms with E-state index < -0.39 is 36.3 Å².